The maximum atomic E-state index is 13.2. The van der Waals surface area contributed by atoms with Crippen molar-refractivity contribution < 1.29 is 4.39 Å². The quantitative estimate of drug-likeness (QED) is 0.854. The first-order valence-electron chi connectivity index (χ1n) is 5.53. The first-order chi connectivity index (χ1) is 8.56. The molecule has 1 atom stereocenters. The lowest BCUT2D eigenvalue weighted by Gasteiger charge is -2.17. The van der Waals surface area contributed by atoms with Crippen LogP contribution in [0.25, 0.3) is 0 Å². The van der Waals surface area contributed by atoms with Crippen LogP contribution in [0.1, 0.15) is 6.92 Å². The standard InChI is InChI=1S/C12H14BrFN4/c1-8(6-18-3-2-16-7-18)17-12-4-9(13)10(14)5-11(12)15/h2-5,7-8,17H,6,15H2,1H3. The molecular weight excluding hydrogens is 299 g/mol. The van der Waals surface area contributed by atoms with Gasteiger partial charge in [0.1, 0.15) is 5.82 Å². The number of imidazole rings is 1. The van der Waals surface area contributed by atoms with Crippen LogP contribution in [-0.4, -0.2) is 15.6 Å². The van der Waals surface area contributed by atoms with Gasteiger partial charge in [0.25, 0.3) is 0 Å². The number of rotatable bonds is 4. The van der Waals surface area contributed by atoms with E-state index in [2.05, 4.69) is 26.2 Å². The van der Waals surface area contributed by atoms with Crippen LogP contribution in [0, 0.1) is 5.82 Å². The molecule has 0 radical (unpaired) electrons. The molecule has 6 heteroatoms. The minimum absolute atomic E-state index is 0.152. The summed E-state index contributed by atoms with van der Waals surface area (Å²) in [4.78, 5) is 3.98. The van der Waals surface area contributed by atoms with Crippen molar-refractivity contribution in [3.05, 3.63) is 41.1 Å². The van der Waals surface area contributed by atoms with Crippen LogP contribution in [0.4, 0.5) is 15.8 Å². The summed E-state index contributed by atoms with van der Waals surface area (Å²) >= 11 is 3.15. The smallest absolute Gasteiger partial charge is 0.139 e. The summed E-state index contributed by atoms with van der Waals surface area (Å²) < 4.78 is 15.6. The van der Waals surface area contributed by atoms with Gasteiger partial charge < -0.3 is 15.6 Å². The molecule has 0 aliphatic carbocycles. The first kappa shape index (κ1) is 12.9. The monoisotopic (exact) mass is 312 g/mol. The predicted molar refractivity (Wildman–Crippen MR) is 73.8 cm³/mol. The van der Waals surface area contributed by atoms with E-state index in [9.17, 15) is 4.39 Å². The van der Waals surface area contributed by atoms with Crippen LogP contribution < -0.4 is 11.1 Å². The molecule has 0 saturated heterocycles. The molecule has 18 heavy (non-hydrogen) atoms. The molecule has 0 fully saturated rings. The minimum Gasteiger partial charge on any atom is -0.397 e. The Bertz CT molecular complexity index is 527. The van der Waals surface area contributed by atoms with Gasteiger partial charge in [0.2, 0.25) is 0 Å². The van der Waals surface area contributed by atoms with E-state index in [1.54, 1.807) is 18.6 Å². The van der Waals surface area contributed by atoms with E-state index in [0.717, 1.165) is 12.2 Å². The van der Waals surface area contributed by atoms with Crippen LogP contribution in [-0.2, 0) is 6.54 Å². The van der Waals surface area contributed by atoms with Crippen molar-refractivity contribution in [2.45, 2.75) is 19.5 Å². The summed E-state index contributed by atoms with van der Waals surface area (Å²) in [6, 6.07) is 3.10. The zero-order valence-electron chi connectivity index (χ0n) is 9.90. The molecular formula is C12H14BrFN4. The Labute approximate surface area is 113 Å². The van der Waals surface area contributed by atoms with Crippen molar-refractivity contribution in [3.63, 3.8) is 0 Å². The second-order valence-corrected chi connectivity index (χ2v) is 5.01. The number of halogens is 2. The highest BCUT2D eigenvalue weighted by atomic mass is 79.9. The van der Waals surface area contributed by atoms with Crippen LogP contribution in [0.15, 0.2) is 35.3 Å². The summed E-state index contributed by atoms with van der Waals surface area (Å²) in [5.74, 6) is -0.361. The third kappa shape index (κ3) is 3.01. The molecule has 0 aliphatic heterocycles. The number of hydrogen-bond acceptors (Lipinski definition) is 3. The Hall–Kier alpha value is -1.56. The van der Waals surface area contributed by atoms with E-state index in [4.69, 9.17) is 5.73 Å². The van der Waals surface area contributed by atoms with Gasteiger partial charge in [-0.1, -0.05) is 0 Å². The molecule has 4 nitrogen and oxygen atoms in total. The van der Waals surface area contributed by atoms with E-state index >= 15 is 0 Å². The van der Waals surface area contributed by atoms with Gasteiger partial charge in [0.15, 0.2) is 0 Å². The molecule has 1 aromatic carbocycles. The molecule has 1 unspecified atom stereocenters. The zero-order valence-corrected chi connectivity index (χ0v) is 11.5. The molecule has 1 heterocycles. The molecule has 0 saturated carbocycles. The van der Waals surface area contributed by atoms with Crippen LogP contribution in [0.3, 0.4) is 0 Å². The highest BCUT2D eigenvalue weighted by Gasteiger charge is 2.09. The molecule has 2 rings (SSSR count). The predicted octanol–water partition coefficient (Wildman–Crippen LogP) is 2.87. The van der Waals surface area contributed by atoms with Gasteiger partial charge in [-0.3, -0.25) is 0 Å². The van der Waals surface area contributed by atoms with Gasteiger partial charge in [0.05, 0.1) is 22.2 Å². The number of aromatic nitrogens is 2. The molecule has 0 aliphatic rings. The minimum atomic E-state index is -0.361. The van der Waals surface area contributed by atoms with Gasteiger partial charge >= 0.3 is 0 Å². The Morgan fingerprint density at radius 2 is 2.33 bits per heavy atom. The van der Waals surface area contributed by atoms with E-state index < -0.39 is 0 Å². The van der Waals surface area contributed by atoms with Crippen molar-refractivity contribution in [1.29, 1.82) is 0 Å². The molecule has 0 bridgehead atoms. The lowest BCUT2D eigenvalue weighted by molar-refractivity contribution is 0.614. The second kappa shape index (κ2) is 5.39. The largest absolute Gasteiger partial charge is 0.397 e. The zero-order chi connectivity index (χ0) is 13.1. The van der Waals surface area contributed by atoms with Gasteiger partial charge in [-0.25, -0.2) is 9.37 Å². The number of anilines is 2. The van der Waals surface area contributed by atoms with Crippen molar-refractivity contribution in [1.82, 2.24) is 9.55 Å². The summed E-state index contributed by atoms with van der Waals surface area (Å²) in [5, 5.41) is 3.25. The number of nitrogens with one attached hydrogen (secondary N) is 1. The van der Waals surface area contributed by atoms with E-state index in [-0.39, 0.29) is 11.9 Å². The van der Waals surface area contributed by atoms with E-state index in [1.165, 1.54) is 6.07 Å². The van der Waals surface area contributed by atoms with Crippen molar-refractivity contribution in [2.75, 3.05) is 11.1 Å². The molecule has 1 aromatic heterocycles. The fourth-order valence-corrected chi connectivity index (χ4v) is 2.05. The van der Waals surface area contributed by atoms with Crippen LogP contribution >= 0.6 is 15.9 Å². The van der Waals surface area contributed by atoms with E-state index in [0.29, 0.717) is 10.2 Å². The average Bonchev–Trinajstić information content (AvgIpc) is 2.78. The summed E-state index contributed by atoms with van der Waals surface area (Å²) in [6.07, 6.45) is 5.37. The molecule has 2 aromatic rings. The number of nitrogen functional groups attached to an aromatic ring is 1. The lowest BCUT2D eigenvalue weighted by atomic mass is 10.2. The fraction of sp³-hybridized carbons (Fsp3) is 0.250. The van der Waals surface area contributed by atoms with E-state index in [1.807, 2.05) is 17.7 Å². The Kier molecular flexibility index (Phi) is 3.86. The van der Waals surface area contributed by atoms with Crippen molar-refractivity contribution in [3.8, 4) is 0 Å². The van der Waals surface area contributed by atoms with Gasteiger partial charge in [-0.2, -0.15) is 0 Å². The van der Waals surface area contributed by atoms with Gasteiger partial charge in [-0.15, -0.1) is 0 Å². The summed E-state index contributed by atoms with van der Waals surface area (Å²) in [5.41, 5.74) is 6.88. The van der Waals surface area contributed by atoms with Gasteiger partial charge in [0, 0.05) is 31.0 Å². The second-order valence-electron chi connectivity index (χ2n) is 4.16. The van der Waals surface area contributed by atoms with Crippen LogP contribution in [0.5, 0.6) is 0 Å². The Morgan fingerprint density at radius 3 is 3.00 bits per heavy atom. The lowest BCUT2D eigenvalue weighted by Crippen LogP contribution is -2.22. The summed E-state index contributed by atoms with van der Waals surface area (Å²) in [7, 11) is 0. The maximum absolute atomic E-state index is 13.2. The van der Waals surface area contributed by atoms with Crippen molar-refractivity contribution >= 4 is 27.3 Å². The number of nitrogens with two attached hydrogens (primary N) is 1. The Balaban J connectivity index is 2.07. The molecule has 0 spiro atoms. The number of nitrogens with zero attached hydrogens (tertiary/aromatic N) is 2. The number of hydrogen-bond donors (Lipinski definition) is 2. The summed E-state index contributed by atoms with van der Waals surface area (Å²) in [6.45, 7) is 2.78. The maximum Gasteiger partial charge on any atom is 0.139 e. The fourth-order valence-electron chi connectivity index (χ4n) is 1.71. The first-order valence-corrected chi connectivity index (χ1v) is 6.32. The highest BCUT2D eigenvalue weighted by molar-refractivity contribution is 9.10. The third-order valence-electron chi connectivity index (χ3n) is 2.54. The Morgan fingerprint density at radius 1 is 1.56 bits per heavy atom. The van der Waals surface area contributed by atoms with Crippen LogP contribution in [0.2, 0.25) is 0 Å². The number of benzene rings is 1. The topological polar surface area (TPSA) is 55.9 Å². The molecule has 0 amide bonds. The van der Waals surface area contributed by atoms with Crippen molar-refractivity contribution in [2.24, 2.45) is 0 Å². The molecule has 3 N–H and O–H groups in total. The molecule has 96 valence electrons. The highest BCUT2D eigenvalue weighted by Crippen LogP contribution is 2.27. The normalized spacial score (nSPS) is 12.4. The third-order valence-corrected chi connectivity index (χ3v) is 3.15. The SMILES string of the molecule is CC(Cn1ccnc1)Nc1cc(Br)c(F)cc1N. The van der Waals surface area contributed by atoms with Gasteiger partial charge in [-0.05, 0) is 28.9 Å². The average molecular weight is 313 g/mol.